The quantitative estimate of drug-likeness (QED) is 0.921. The van der Waals surface area contributed by atoms with E-state index in [0.717, 1.165) is 23.1 Å². The van der Waals surface area contributed by atoms with E-state index in [4.69, 9.17) is 0 Å². The molecule has 0 fully saturated rings. The van der Waals surface area contributed by atoms with Crippen molar-refractivity contribution in [1.82, 2.24) is 5.32 Å². The van der Waals surface area contributed by atoms with Gasteiger partial charge in [-0.1, -0.05) is 12.1 Å². The summed E-state index contributed by atoms with van der Waals surface area (Å²) in [5.41, 5.74) is -0.293. The summed E-state index contributed by atoms with van der Waals surface area (Å²) in [5.74, 6) is -4.10. The van der Waals surface area contributed by atoms with Gasteiger partial charge >= 0.3 is 6.03 Å². The number of anilines is 1. The molecule has 0 saturated heterocycles. The molecule has 7 heteroatoms. The summed E-state index contributed by atoms with van der Waals surface area (Å²) in [6.45, 7) is 1.68. The van der Waals surface area contributed by atoms with Crippen molar-refractivity contribution in [3.05, 3.63) is 65.0 Å². The summed E-state index contributed by atoms with van der Waals surface area (Å²) in [6, 6.07) is 6.03. The van der Waals surface area contributed by atoms with Crippen LogP contribution in [-0.2, 0) is 0 Å². The van der Waals surface area contributed by atoms with E-state index in [2.05, 4.69) is 0 Å². The van der Waals surface area contributed by atoms with Crippen molar-refractivity contribution in [2.45, 2.75) is 6.92 Å². The molecule has 23 heavy (non-hydrogen) atoms. The van der Waals surface area contributed by atoms with Crippen LogP contribution < -0.4 is 10.2 Å². The van der Waals surface area contributed by atoms with E-state index >= 15 is 0 Å². The average molecular weight is 322 g/mol. The third-order valence-electron chi connectivity index (χ3n) is 3.18. The minimum Gasteiger partial charge on any atom is -0.294 e. The van der Waals surface area contributed by atoms with Crippen LogP contribution in [0.2, 0.25) is 0 Å². The standard InChI is InChI=1S/C16H13F3N2O2/c1-9-6-7-13(12(19)8-9)21(2)16(23)20-15(22)14-10(17)4-3-5-11(14)18/h3-8H,1-2H3,(H,20,22,23). The minimum absolute atomic E-state index is 0.0742. The summed E-state index contributed by atoms with van der Waals surface area (Å²) in [4.78, 5) is 24.6. The molecule has 2 rings (SSSR count). The number of carbonyl (C=O) groups excluding carboxylic acids is 2. The Kier molecular flexibility index (Phi) is 4.68. The number of urea groups is 1. The highest BCUT2D eigenvalue weighted by molar-refractivity contribution is 6.08. The zero-order chi connectivity index (χ0) is 17.1. The summed E-state index contributed by atoms with van der Waals surface area (Å²) in [6.07, 6.45) is 0. The van der Waals surface area contributed by atoms with E-state index in [1.165, 1.54) is 19.2 Å². The van der Waals surface area contributed by atoms with Gasteiger partial charge in [0.15, 0.2) is 0 Å². The Morgan fingerprint density at radius 2 is 1.61 bits per heavy atom. The van der Waals surface area contributed by atoms with E-state index in [1.54, 1.807) is 13.0 Å². The first-order valence-electron chi connectivity index (χ1n) is 6.60. The number of rotatable bonds is 2. The van der Waals surface area contributed by atoms with Crippen LogP contribution in [-0.4, -0.2) is 19.0 Å². The number of carbonyl (C=O) groups is 2. The molecule has 2 aromatic rings. The van der Waals surface area contributed by atoms with Crippen LogP contribution in [0.3, 0.4) is 0 Å². The van der Waals surface area contributed by atoms with Crippen molar-refractivity contribution >= 4 is 17.6 Å². The van der Waals surface area contributed by atoms with Gasteiger partial charge in [-0.25, -0.2) is 18.0 Å². The van der Waals surface area contributed by atoms with Crippen LogP contribution in [0.1, 0.15) is 15.9 Å². The Labute approximate surface area is 130 Å². The van der Waals surface area contributed by atoms with Gasteiger partial charge in [-0.15, -0.1) is 0 Å². The number of halogens is 3. The largest absolute Gasteiger partial charge is 0.328 e. The molecule has 0 atom stereocenters. The maximum absolute atomic E-state index is 13.8. The lowest BCUT2D eigenvalue weighted by Crippen LogP contribution is -2.41. The minimum atomic E-state index is -1.25. The Bertz CT molecular complexity index is 758. The normalized spacial score (nSPS) is 10.3. The molecule has 0 spiro atoms. The van der Waals surface area contributed by atoms with Crippen molar-refractivity contribution in [3.63, 3.8) is 0 Å². The summed E-state index contributed by atoms with van der Waals surface area (Å²) < 4.78 is 40.8. The first-order chi connectivity index (χ1) is 10.8. The second kappa shape index (κ2) is 6.51. The second-order valence-corrected chi connectivity index (χ2v) is 4.87. The number of nitrogens with zero attached hydrogens (tertiary/aromatic N) is 1. The Morgan fingerprint density at radius 1 is 1.00 bits per heavy atom. The molecule has 120 valence electrons. The molecule has 0 unspecified atom stereocenters. The lowest BCUT2D eigenvalue weighted by molar-refractivity contribution is 0.0957. The topological polar surface area (TPSA) is 49.4 Å². The molecule has 2 aromatic carbocycles. The lowest BCUT2D eigenvalue weighted by atomic mass is 10.2. The van der Waals surface area contributed by atoms with Gasteiger partial charge in [0.05, 0.1) is 5.69 Å². The second-order valence-electron chi connectivity index (χ2n) is 4.87. The lowest BCUT2D eigenvalue weighted by Gasteiger charge is -2.18. The fraction of sp³-hybridized carbons (Fsp3) is 0.125. The predicted octanol–water partition coefficient (Wildman–Crippen LogP) is 3.40. The SMILES string of the molecule is Cc1ccc(N(C)C(=O)NC(=O)c2c(F)cccc2F)c(F)c1. The van der Waals surface area contributed by atoms with Gasteiger partial charge in [0.1, 0.15) is 23.0 Å². The smallest absolute Gasteiger partial charge is 0.294 e. The van der Waals surface area contributed by atoms with Gasteiger partial charge in [0.2, 0.25) is 0 Å². The number of nitrogens with one attached hydrogen (secondary N) is 1. The fourth-order valence-corrected chi connectivity index (χ4v) is 1.95. The molecule has 0 radical (unpaired) electrons. The van der Waals surface area contributed by atoms with Crippen LogP contribution in [0.5, 0.6) is 0 Å². The number of hydrogen-bond acceptors (Lipinski definition) is 2. The van der Waals surface area contributed by atoms with Gasteiger partial charge in [-0.3, -0.25) is 15.0 Å². The highest BCUT2D eigenvalue weighted by Gasteiger charge is 2.22. The van der Waals surface area contributed by atoms with Gasteiger partial charge in [-0.2, -0.15) is 0 Å². The van der Waals surface area contributed by atoms with Crippen molar-refractivity contribution in [1.29, 1.82) is 0 Å². The van der Waals surface area contributed by atoms with Crippen LogP contribution in [0, 0.1) is 24.4 Å². The first-order valence-corrected chi connectivity index (χ1v) is 6.60. The molecule has 0 aliphatic carbocycles. The maximum Gasteiger partial charge on any atom is 0.328 e. The molecule has 0 saturated carbocycles. The van der Waals surface area contributed by atoms with E-state index in [0.29, 0.717) is 5.56 Å². The zero-order valence-electron chi connectivity index (χ0n) is 12.4. The molecule has 0 heterocycles. The summed E-state index contributed by atoms with van der Waals surface area (Å²) in [7, 11) is 1.23. The summed E-state index contributed by atoms with van der Waals surface area (Å²) in [5, 5.41) is 1.82. The molecule has 0 aliphatic rings. The highest BCUT2D eigenvalue weighted by atomic mass is 19.1. The van der Waals surface area contributed by atoms with E-state index in [-0.39, 0.29) is 5.69 Å². The Morgan fingerprint density at radius 3 is 2.17 bits per heavy atom. The monoisotopic (exact) mass is 322 g/mol. The van der Waals surface area contributed by atoms with Gasteiger partial charge < -0.3 is 0 Å². The van der Waals surface area contributed by atoms with Gasteiger partial charge in [-0.05, 0) is 36.8 Å². The molecule has 0 aromatic heterocycles. The van der Waals surface area contributed by atoms with Crippen LogP contribution in [0.15, 0.2) is 36.4 Å². The summed E-state index contributed by atoms with van der Waals surface area (Å²) >= 11 is 0. The molecular weight excluding hydrogens is 309 g/mol. The maximum atomic E-state index is 13.8. The molecule has 3 amide bonds. The van der Waals surface area contributed by atoms with Crippen LogP contribution >= 0.6 is 0 Å². The van der Waals surface area contributed by atoms with Crippen LogP contribution in [0.4, 0.5) is 23.7 Å². The van der Waals surface area contributed by atoms with Gasteiger partial charge in [0, 0.05) is 7.05 Å². The van der Waals surface area contributed by atoms with Crippen molar-refractivity contribution < 1.29 is 22.8 Å². The molecular formula is C16H13F3N2O2. The number of benzene rings is 2. The Hall–Kier alpha value is -2.83. The number of aryl methyl sites for hydroxylation is 1. The van der Waals surface area contributed by atoms with E-state index in [1.807, 2.05) is 5.32 Å². The number of hydrogen-bond donors (Lipinski definition) is 1. The van der Waals surface area contributed by atoms with Crippen molar-refractivity contribution in [2.24, 2.45) is 0 Å². The molecule has 0 aliphatic heterocycles. The van der Waals surface area contributed by atoms with Gasteiger partial charge in [0.25, 0.3) is 5.91 Å². The average Bonchev–Trinajstić information content (AvgIpc) is 2.46. The van der Waals surface area contributed by atoms with E-state index < -0.39 is 35.0 Å². The van der Waals surface area contributed by atoms with Crippen molar-refractivity contribution in [2.75, 3.05) is 11.9 Å². The predicted molar refractivity (Wildman–Crippen MR) is 78.8 cm³/mol. The number of imide groups is 1. The fourth-order valence-electron chi connectivity index (χ4n) is 1.95. The van der Waals surface area contributed by atoms with E-state index in [9.17, 15) is 22.8 Å². The third-order valence-corrected chi connectivity index (χ3v) is 3.18. The first kappa shape index (κ1) is 16.5. The molecule has 0 bridgehead atoms. The Balaban J connectivity index is 2.20. The molecule has 4 nitrogen and oxygen atoms in total. The molecule has 1 N–H and O–H groups in total. The zero-order valence-corrected chi connectivity index (χ0v) is 12.4. The highest BCUT2D eigenvalue weighted by Crippen LogP contribution is 2.19. The van der Waals surface area contributed by atoms with Crippen molar-refractivity contribution in [3.8, 4) is 0 Å². The number of amides is 3. The third kappa shape index (κ3) is 3.50. The van der Waals surface area contributed by atoms with Crippen LogP contribution in [0.25, 0.3) is 0 Å².